The Kier molecular flexibility index (Phi) is 3.90. The van der Waals surface area contributed by atoms with Gasteiger partial charge in [0.15, 0.2) is 0 Å². The quantitative estimate of drug-likeness (QED) is 0.867. The summed E-state index contributed by atoms with van der Waals surface area (Å²) >= 11 is 0. The minimum absolute atomic E-state index is 0.418. The number of hydrogen-bond acceptors (Lipinski definition) is 2. The molecule has 1 aromatic rings. The third-order valence-electron chi connectivity index (χ3n) is 3.81. The van der Waals surface area contributed by atoms with Crippen LogP contribution >= 0.6 is 0 Å². The van der Waals surface area contributed by atoms with Gasteiger partial charge in [0.05, 0.1) is 11.3 Å². The molecule has 0 amide bonds. The molecule has 0 aromatic heterocycles. The number of carboxylic acid groups (broad SMARTS) is 1. The van der Waals surface area contributed by atoms with Gasteiger partial charge in [-0.15, -0.1) is 0 Å². The minimum atomic E-state index is -0.836. The monoisotopic (exact) mass is 247 g/mol. The average molecular weight is 247 g/mol. The van der Waals surface area contributed by atoms with Crippen LogP contribution in [0, 0.1) is 12.8 Å². The summed E-state index contributed by atoms with van der Waals surface area (Å²) in [6, 6.07) is 5.58. The van der Waals surface area contributed by atoms with Crippen molar-refractivity contribution in [2.75, 3.05) is 18.0 Å². The van der Waals surface area contributed by atoms with Crippen LogP contribution < -0.4 is 4.90 Å². The van der Waals surface area contributed by atoms with E-state index in [1.807, 2.05) is 19.1 Å². The summed E-state index contributed by atoms with van der Waals surface area (Å²) in [5.41, 5.74) is 2.40. The van der Waals surface area contributed by atoms with Crippen molar-refractivity contribution in [3.05, 3.63) is 29.3 Å². The molecule has 0 heterocycles. The molecule has 3 heteroatoms. The van der Waals surface area contributed by atoms with E-state index in [9.17, 15) is 9.90 Å². The molecule has 0 unspecified atom stereocenters. The lowest BCUT2D eigenvalue weighted by atomic mass is 9.85. The van der Waals surface area contributed by atoms with Crippen molar-refractivity contribution < 1.29 is 9.90 Å². The first-order chi connectivity index (χ1) is 8.61. The third-order valence-corrected chi connectivity index (χ3v) is 3.81. The van der Waals surface area contributed by atoms with Crippen molar-refractivity contribution in [3.63, 3.8) is 0 Å². The number of anilines is 1. The summed E-state index contributed by atoms with van der Waals surface area (Å²) in [6.45, 7) is 5.94. The van der Waals surface area contributed by atoms with Crippen molar-refractivity contribution in [2.24, 2.45) is 5.92 Å². The van der Waals surface area contributed by atoms with Gasteiger partial charge in [-0.05, 0) is 50.3 Å². The van der Waals surface area contributed by atoms with Crippen molar-refractivity contribution >= 4 is 11.7 Å². The lowest BCUT2D eigenvalue weighted by Gasteiger charge is -2.34. The van der Waals surface area contributed by atoms with Gasteiger partial charge in [0.2, 0.25) is 0 Å². The maximum Gasteiger partial charge on any atom is 0.337 e. The van der Waals surface area contributed by atoms with Gasteiger partial charge >= 0.3 is 5.97 Å². The van der Waals surface area contributed by atoms with Crippen LogP contribution in [0.5, 0.6) is 0 Å². The molecule has 0 aliphatic heterocycles. The zero-order valence-corrected chi connectivity index (χ0v) is 11.1. The van der Waals surface area contributed by atoms with E-state index in [1.54, 1.807) is 6.07 Å². The molecule has 1 saturated carbocycles. The second-order valence-corrected chi connectivity index (χ2v) is 5.16. The minimum Gasteiger partial charge on any atom is -0.478 e. The normalized spacial score (nSPS) is 15.2. The summed E-state index contributed by atoms with van der Waals surface area (Å²) < 4.78 is 0. The number of rotatable bonds is 5. The molecule has 1 aliphatic carbocycles. The van der Waals surface area contributed by atoms with Crippen LogP contribution in [0.1, 0.15) is 42.1 Å². The number of nitrogens with zero attached hydrogens (tertiary/aromatic N) is 1. The standard InChI is InChI=1S/C15H21NO2/c1-3-16(10-12-5-4-6-12)14-9-11(2)7-8-13(14)15(17)18/h7-9,12H,3-6,10H2,1-2H3,(H,17,18). The average Bonchev–Trinajstić information content (AvgIpc) is 2.27. The van der Waals surface area contributed by atoms with E-state index in [1.165, 1.54) is 19.3 Å². The van der Waals surface area contributed by atoms with E-state index in [0.29, 0.717) is 5.56 Å². The van der Waals surface area contributed by atoms with Crippen LogP contribution in [-0.2, 0) is 0 Å². The lowest BCUT2D eigenvalue weighted by Crippen LogP contribution is -2.33. The Labute approximate surface area is 108 Å². The molecule has 3 nitrogen and oxygen atoms in total. The summed E-state index contributed by atoms with van der Waals surface area (Å²) in [4.78, 5) is 13.5. The number of carbonyl (C=O) groups is 1. The fourth-order valence-corrected chi connectivity index (χ4v) is 2.47. The van der Waals surface area contributed by atoms with Crippen molar-refractivity contribution in [2.45, 2.75) is 33.1 Å². The maximum absolute atomic E-state index is 11.3. The number of aryl methyl sites for hydroxylation is 1. The highest BCUT2D eigenvalue weighted by Crippen LogP contribution is 2.30. The predicted molar refractivity (Wildman–Crippen MR) is 73.4 cm³/mol. The van der Waals surface area contributed by atoms with Crippen LogP contribution in [0.2, 0.25) is 0 Å². The zero-order valence-electron chi connectivity index (χ0n) is 11.1. The fourth-order valence-electron chi connectivity index (χ4n) is 2.47. The Bertz CT molecular complexity index is 438. The number of aromatic carboxylic acids is 1. The Morgan fingerprint density at radius 2 is 2.17 bits per heavy atom. The van der Waals surface area contributed by atoms with Gasteiger partial charge < -0.3 is 10.0 Å². The Balaban J connectivity index is 2.26. The molecule has 0 bridgehead atoms. The molecule has 1 aliphatic rings. The van der Waals surface area contributed by atoms with Crippen molar-refractivity contribution in [3.8, 4) is 0 Å². The van der Waals surface area contributed by atoms with Gasteiger partial charge in [-0.25, -0.2) is 4.79 Å². The molecule has 18 heavy (non-hydrogen) atoms. The Morgan fingerprint density at radius 1 is 1.44 bits per heavy atom. The highest BCUT2D eigenvalue weighted by molar-refractivity contribution is 5.94. The molecular weight excluding hydrogens is 226 g/mol. The smallest absolute Gasteiger partial charge is 0.337 e. The molecule has 0 radical (unpaired) electrons. The van der Waals surface area contributed by atoms with E-state index in [4.69, 9.17) is 0 Å². The number of carboxylic acids is 1. The molecule has 2 rings (SSSR count). The molecule has 0 saturated heterocycles. The largest absolute Gasteiger partial charge is 0.478 e. The van der Waals surface area contributed by atoms with Crippen LogP contribution in [0.15, 0.2) is 18.2 Å². The van der Waals surface area contributed by atoms with Crippen molar-refractivity contribution in [1.29, 1.82) is 0 Å². The molecule has 1 aromatic carbocycles. The summed E-state index contributed by atoms with van der Waals surface area (Å²) in [5, 5.41) is 9.28. The molecule has 0 spiro atoms. The van der Waals surface area contributed by atoms with E-state index >= 15 is 0 Å². The topological polar surface area (TPSA) is 40.5 Å². The summed E-state index contributed by atoms with van der Waals surface area (Å²) in [7, 11) is 0. The second kappa shape index (κ2) is 5.42. The number of benzene rings is 1. The van der Waals surface area contributed by atoms with Gasteiger partial charge in [0, 0.05) is 13.1 Å². The van der Waals surface area contributed by atoms with E-state index in [-0.39, 0.29) is 0 Å². The van der Waals surface area contributed by atoms with Gasteiger partial charge in [0.1, 0.15) is 0 Å². The highest BCUT2D eigenvalue weighted by Gasteiger charge is 2.22. The van der Waals surface area contributed by atoms with Gasteiger partial charge in [-0.3, -0.25) is 0 Å². The highest BCUT2D eigenvalue weighted by atomic mass is 16.4. The van der Waals surface area contributed by atoms with Gasteiger partial charge in [0.25, 0.3) is 0 Å². The molecule has 98 valence electrons. The van der Waals surface area contributed by atoms with Crippen LogP contribution in [0.3, 0.4) is 0 Å². The summed E-state index contributed by atoms with van der Waals surface area (Å²) in [5.74, 6) is -0.0934. The van der Waals surface area contributed by atoms with Gasteiger partial charge in [-0.1, -0.05) is 12.5 Å². The van der Waals surface area contributed by atoms with Crippen molar-refractivity contribution in [1.82, 2.24) is 0 Å². The molecule has 1 N–H and O–H groups in total. The zero-order chi connectivity index (χ0) is 13.1. The summed E-state index contributed by atoms with van der Waals surface area (Å²) in [6.07, 6.45) is 3.89. The van der Waals surface area contributed by atoms with E-state index in [2.05, 4.69) is 11.8 Å². The van der Waals surface area contributed by atoms with E-state index < -0.39 is 5.97 Å². The Morgan fingerprint density at radius 3 is 2.67 bits per heavy atom. The maximum atomic E-state index is 11.3. The molecular formula is C15H21NO2. The van der Waals surface area contributed by atoms with Crippen LogP contribution in [0.4, 0.5) is 5.69 Å². The predicted octanol–water partition coefficient (Wildman–Crippen LogP) is 3.32. The van der Waals surface area contributed by atoms with Crippen LogP contribution in [-0.4, -0.2) is 24.2 Å². The molecule has 0 atom stereocenters. The second-order valence-electron chi connectivity index (χ2n) is 5.16. The first-order valence-electron chi connectivity index (χ1n) is 6.70. The van der Waals surface area contributed by atoms with Crippen LogP contribution in [0.25, 0.3) is 0 Å². The third kappa shape index (κ3) is 2.66. The fraction of sp³-hybridized carbons (Fsp3) is 0.533. The number of hydrogen-bond donors (Lipinski definition) is 1. The lowest BCUT2D eigenvalue weighted by molar-refractivity contribution is 0.0697. The Hall–Kier alpha value is -1.51. The first kappa shape index (κ1) is 12.9. The van der Waals surface area contributed by atoms with E-state index in [0.717, 1.165) is 30.3 Å². The SMILES string of the molecule is CCN(CC1CCC1)c1cc(C)ccc1C(=O)O. The molecule has 1 fully saturated rings. The van der Waals surface area contributed by atoms with Gasteiger partial charge in [-0.2, -0.15) is 0 Å². The first-order valence-corrected chi connectivity index (χ1v) is 6.70.